The second-order valence-electron chi connectivity index (χ2n) is 7.15. The van der Waals surface area contributed by atoms with E-state index in [1.54, 1.807) is 11.0 Å². The van der Waals surface area contributed by atoms with Crippen LogP contribution in [0.3, 0.4) is 0 Å². The minimum Gasteiger partial charge on any atom is -0.406 e. The first kappa shape index (κ1) is 20.1. The largest absolute Gasteiger partial charge is 0.573 e. The number of carbonyl (C=O) groups excluding carboxylic acids is 1. The number of nitrogens with zero attached hydrogens (tertiary/aromatic N) is 3. The number of likely N-dealkylation sites (tertiary alicyclic amines) is 1. The van der Waals surface area contributed by atoms with Gasteiger partial charge in [0.2, 0.25) is 0 Å². The molecule has 6 nitrogen and oxygen atoms in total. The number of hydrogen-bond acceptors (Lipinski definition) is 5. The van der Waals surface area contributed by atoms with Crippen molar-refractivity contribution in [2.75, 3.05) is 19.8 Å². The molecule has 3 heterocycles. The molecule has 1 aromatic heterocycles. The Morgan fingerprint density at radius 1 is 1.21 bits per heavy atom. The number of aromatic nitrogens is 2. The van der Waals surface area contributed by atoms with Gasteiger partial charge in [-0.15, -0.1) is 13.2 Å². The van der Waals surface area contributed by atoms with Gasteiger partial charge in [0.05, 0.1) is 24.3 Å². The number of benzene rings is 1. The summed E-state index contributed by atoms with van der Waals surface area (Å²) >= 11 is 3.19. The minimum absolute atomic E-state index is 0.105. The number of alkyl halides is 3. The van der Waals surface area contributed by atoms with Crippen LogP contribution >= 0.6 is 15.9 Å². The van der Waals surface area contributed by atoms with E-state index in [1.165, 1.54) is 24.5 Å². The number of carbonyl (C=O) groups is 1. The zero-order chi connectivity index (χ0) is 20.6. The van der Waals surface area contributed by atoms with Gasteiger partial charge >= 0.3 is 6.36 Å². The lowest BCUT2D eigenvalue weighted by Gasteiger charge is -2.57. The van der Waals surface area contributed by atoms with Crippen LogP contribution in [0.25, 0.3) is 0 Å². The van der Waals surface area contributed by atoms with E-state index in [-0.39, 0.29) is 17.2 Å². The molecule has 0 N–H and O–H groups in total. The molecule has 0 atom stereocenters. The van der Waals surface area contributed by atoms with Crippen molar-refractivity contribution < 1.29 is 27.4 Å². The van der Waals surface area contributed by atoms with Gasteiger partial charge in [-0.2, -0.15) is 0 Å². The topological polar surface area (TPSA) is 64.5 Å². The number of halogens is 4. The van der Waals surface area contributed by atoms with Crippen LogP contribution in [0.15, 0.2) is 35.1 Å². The maximum Gasteiger partial charge on any atom is 0.573 e. The van der Waals surface area contributed by atoms with Crippen molar-refractivity contribution in [3.05, 3.63) is 52.0 Å². The average Bonchev–Trinajstić information content (AvgIpc) is 2.56. The Hall–Kier alpha value is -2.20. The molecular formula is C19H17BrF3N3O3. The van der Waals surface area contributed by atoms with Gasteiger partial charge in [0.15, 0.2) is 0 Å². The molecule has 2 aromatic rings. The number of ether oxygens (including phenoxy) is 2. The molecule has 0 aliphatic carbocycles. The normalized spacial score (nSPS) is 17.6. The Kier molecular flexibility index (Phi) is 5.24. The molecule has 2 saturated heterocycles. The molecule has 0 radical (unpaired) electrons. The van der Waals surface area contributed by atoms with Crippen molar-refractivity contribution in [3.8, 4) is 5.75 Å². The SMILES string of the molecule is O=C(c1cnc(CCc2cc(Br)cc(OC(F)(F)F)c2)nc1)N1CCC12COC2. The van der Waals surface area contributed by atoms with Crippen molar-refractivity contribution in [3.63, 3.8) is 0 Å². The Morgan fingerprint density at radius 3 is 2.48 bits per heavy atom. The van der Waals surface area contributed by atoms with Gasteiger partial charge < -0.3 is 14.4 Å². The third-order valence-electron chi connectivity index (χ3n) is 5.11. The van der Waals surface area contributed by atoms with E-state index < -0.39 is 6.36 Å². The third-order valence-corrected chi connectivity index (χ3v) is 5.57. The summed E-state index contributed by atoms with van der Waals surface area (Å²) in [6.07, 6.45) is 0.0323. The fraction of sp³-hybridized carbons (Fsp3) is 0.421. The van der Waals surface area contributed by atoms with Gasteiger partial charge in [0.1, 0.15) is 11.6 Å². The number of aryl methyl sites for hydroxylation is 2. The van der Waals surface area contributed by atoms with Gasteiger partial charge in [0, 0.05) is 29.8 Å². The van der Waals surface area contributed by atoms with Crippen molar-refractivity contribution in [2.24, 2.45) is 0 Å². The highest BCUT2D eigenvalue weighted by Crippen LogP contribution is 2.38. The van der Waals surface area contributed by atoms with Crippen LogP contribution in [0.5, 0.6) is 5.75 Å². The number of rotatable bonds is 5. The van der Waals surface area contributed by atoms with Crippen LogP contribution in [0.1, 0.15) is 28.2 Å². The lowest BCUT2D eigenvalue weighted by atomic mass is 9.82. The first-order valence-electron chi connectivity index (χ1n) is 9.00. The van der Waals surface area contributed by atoms with Gasteiger partial charge in [-0.05, 0) is 36.6 Å². The Balaban J connectivity index is 1.38. The maximum absolute atomic E-state index is 12.6. The minimum atomic E-state index is -4.75. The second kappa shape index (κ2) is 7.56. The van der Waals surface area contributed by atoms with Crippen LogP contribution < -0.4 is 4.74 Å². The lowest BCUT2D eigenvalue weighted by molar-refractivity contribution is -0.274. The molecule has 1 spiro atoms. The van der Waals surface area contributed by atoms with E-state index in [0.29, 0.717) is 54.0 Å². The van der Waals surface area contributed by atoms with E-state index in [2.05, 4.69) is 30.6 Å². The van der Waals surface area contributed by atoms with Crippen LogP contribution in [-0.2, 0) is 17.6 Å². The lowest BCUT2D eigenvalue weighted by Crippen LogP contribution is -2.72. The van der Waals surface area contributed by atoms with Crippen molar-refractivity contribution in [1.82, 2.24) is 14.9 Å². The quantitative estimate of drug-likeness (QED) is 0.667. The summed E-state index contributed by atoms with van der Waals surface area (Å²) in [7, 11) is 0. The highest BCUT2D eigenvalue weighted by molar-refractivity contribution is 9.10. The maximum atomic E-state index is 12.6. The molecule has 29 heavy (non-hydrogen) atoms. The molecule has 2 aliphatic rings. The van der Waals surface area contributed by atoms with Gasteiger partial charge in [-0.25, -0.2) is 9.97 Å². The van der Waals surface area contributed by atoms with E-state index in [1.807, 2.05) is 0 Å². The van der Waals surface area contributed by atoms with E-state index in [4.69, 9.17) is 4.74 Å². The zero-order valence-corrected chi connectivity index (χ0v) is 16.8. The molecule has 10 heteroatoms. The van der Waals surface area contributed by atoms with E-state index in [9.17, 15) is 18.0 Å². The summed E-state index contributed by atoms with van der Waals surface area (Å²) in [5, 5.41) is 0. The molecule has 2 aliphatic heterocycles. The monoisotopic (exact) mass is 471 g/mol. The van der Waals surface area contributed by atoms with Crippen molar-refractivity contribution in [1.29, 1.82) is 0 Å². The van der Waals surface area contributed by atoms with E-state index >= 15 is 0 Å². The van der Waals surface area contributed by atoms with Crippen LogP contribution in [0, 0.1) is 0 Å². The predicted octanol–water partition coefficient (Wildman–Crippen LogP) is 3.54. The van der Waals surface area contributed by atoms with Crippen LogP contribution in [0.2, 0.25) is 0 Å². The fourth-order valence-corrected chi connectivity index (χ4v) is 3.98. The first-order chi connectivity index (χ1) is 13.7. The van der Waals surface area contributed by atoms with Crippen molar-refractivity contribution in [2.45, 2.75) is 31.2 Å². The Labute approximate surface area is 173 Å². The Bertz CT molecular complexity index is 912. The fourth-order valence-electron chi connectivity index (χ4n) is 3.46. The van der Waals surface area contributed by atoms with Crippen LogP contribution in [-0.4, -0.2) is 52.4 Å². The molecule has 1 amide bonds. The van der Waals surface area contributed by atoms with Gasteiger partial charge in [0.25, 0.3) is 5.91 Å². The van der Waals surface area contributed by atoms with Gasteiger partial charge in [-0.3, -0.25) is 4.79 Å². The summed E-state index contributed by atoms with van der Waals surface area (Å²) in [5.74, 6) is 0.115. The molecule has 0 bridgehead atoms. The summed E-state index contributed by atoms with van der Waals surface area (Å²) in [6, 6.07) is 4.30. The predicted molar refractivity (Wildman–Crippen MR) is 99.5 cm³/mol. The van der Waals surface area contributed by atoms with Crippen molar-refractivity contribution >= 4 is 21.8 Å². The highest BCUT2D eigenvalue weighted by atomic mass is 79.9. The molecule has 154 valence electrons. The Morgan fingerprint density at radius 2 is 1.93 bits per heavy atom. The molecular weight excluding hydrogens is 455 g/mol. The summed E-state index contributed by atoms with van der Waals surface area (Å²) in [6.45, 7) is 1.85. The second-order valence-corrected chi connectivity index (χ2v) is 8.07. The van der Waals surface area contributed by atoms with Crippen LogP contribution in [0.4, 0.5) is 13.2 Å². The summed E-state index contributed by atoms with van der Waals surface area (Å²) < 4.78 is 47.0. The zero-order valence-electron chi connectivity index (χ0n) is 15.2. The first-order valence-corrected chi connectivity index (χ1v) is 9.79. The highest BCUT2D eigenvalue weighted by Gasteiger charge is 2.53. The summed E-state index contributed by atoms with van der Waals surface area (Å²) in [5.41, 5.74) is 0.921. The molecule has 0 unspecified atom stereocenters. The molecule has 2 fully saturated rings. The number of hydrogen-bond donors (Lipinski definition) is 0. The van der Waals surface area contributed by atoms with E-state index in [0.717, 1.165) is 6.42 Å². The third kappa shape index (κ3) is 4.37. The smallest absolute Gasteiger partial charge is 0.406 e. The molecule has 0 saturated carbocycles. The standard InChI is InChI=1S/C19H17BrF3N3O3/c20-14-5-12(6-15(7-14)29-19(21,22)23)1-2-16-24-8-13(9-25-16)17(27)26-4-3-18(26)10-28-11-18/h5-9H,1-4,10-11H2. The molecule has 1 aromatic carbocycles. The summed E-state index contributed by atoms with van der Waals surface area (Å²) in [4.78, 5) is 22.9. The number of amides is 1. The average molecular weight is 472 g/mol. The molecule has 4 rings (SSSR count). The van der Waals surface area contributed by atoms with Gasteiger partial charge in [-0.1, -0.05) is 15.9 Å².